The lowest BCUT2D eigenvalue weighted by Gasteiger charge is -2.39. The van der Waals surface area contributed by atoms with Crippen molar-refractivity contribution < 1.29 is 33.8 Å². The van der Waals surface area contributed by atoms with E-state index in [2.05, 4.69) is 38.1 Å². The fraction of sp³-hybridized carbons (Fsp3) is 0.333. The van der Waals surface area contributed by atoms with Gasteiger partial charge in [-0.3, -0.25) is 34.7 Å². The number of nitrogens with zero attached hydrogens (tertiary/aromatic N) is 4. The van der Waals surface area contributed by atoms with E-state index in [1.807, 2.05) is 84.6 Å². The number of aromatic nitrogens is 2. The van der Waals surface area contributed by atoms with Crippen LogP contribution in [0.1, 0.15) is 88.5 Å². The number of ether oxygens (including phenoxy) is 1. The molecular formula is C54H57N9O7S. The van der Waals surface area contributed by atoms with Crippen molar-refractivity contribution in [3.63, 3.8) is 0 Å². The number of pyridine rings is 1. The molecule has 0 saturated carbocycles. The molecule has 0 bridgehead atoms. The summed E-state index contributed by atoms with van der Waals surface area (Å²) in [6, 6.07) is 28.0. The molecule has 2 fully saturated rings. The molecule has 4 aromatic carbocycles. The highest BCUT2D eigenvalue weighted by Gasteiger charge is 2.33. The summed E-state index contributed by atoms with van der Waals surface area (Å²) >= 11 is 1.42. The SMILES string of the molecule is CNc1cc(NC(=O)CN2CCC(C)(CCCOc3ccc(-c4ccc(N5CCc6cccc(C(=O)Nc7nc8ccccc8s7)c6C5)nc4C(=O)O)c(C)c3)CC2)ccc1C(=N)C1CCC(=O)NC1=O. The van der Waals surface area contributed by atoms with Gasteiger partial charge in [0.15, 0.2) is 10.8 Å². The van der Waals surface area contributed by atoms with Crippen LogP contribution in [0.2, 0.25) is 0 Å². The summed E-state index contributed by atoms with van der Waals surface area (Å²) in [5.41, 5.74) is 7.39. The molecule has 6 N–H and O–H groups in total. The molecule has 1 atom stereocenters. The Balaban J connectivity index is 0.749. The molecule has 3 aliphatic rings. The van der Waals surface area contributed by atoms with E-state index in [1.54, 1.807) is 25.2 Å². The Morgan fingerprint density at radius 3 is 2.48 bits per heavy atom. The van der Waals surface area contributed by atoms with Gasteiger partial charge in [-0.15, -0.1) is 0 Å². The number of imide groups is 1. The van der Waals surface area contributed by atoms with Crippen LogP contribution in [0.3, 0.4) is 0 Å². The van der Waals surface area contributed by atoms with Crippen LogP contribution >= 0.6 is 11.3 Å². The molecule has 366 valence electrons. The molecule has 2 saturated heterocycles. The van der Waals surface area contributed by atoms with E-state index >= 15 is 0 Å². The second-order valence-corrected chi connectivity index (χ2v) is 19.9. The van der Waals surface area contributed by atoms with Gasteiger partial charge in [-0.05, 0) is 147 Å². The summed E-state index contributed by atoms with van der Waals surface area (Å²) in [6.07, 6.45) is 4.87. The number of likely N-dealkylation sites (tertiary alicyclic amines) is 1. The van der Waals surface area contributed by atoms with Gasteiger partial charge in [-0.1, -0.05) is 48.6 Å². The van der Waals surface area contributed by atoms with Gasteiger partial charge in [-0.25, -0.2) is 14.8 Å². The highest BCUT2D eigenvalue weighted by molar-refractivity contribution is 7.22. The smallest absolute Gasteiger partial charge is 0.355 e. The lowest BCUT2D eigenvalue weighted by molar-refractivity contribution is -0.134. The number of rotatable bonds is 16. The lowest BCUT2D eigenvalue weighted by Crippen LogP contribution is -2.44. The molecule has 9 rings (SSSR count). The topological polar surface area (TPSA) is 219 Å². The standard InChI is InChI=1S/C54H57N9O7S/c1-32-28-35(70-27-7-21-54(2)22-25-62(26-23-54)31-47(65)57-34-12-14-39(43(29-34)56-3)48(55)40-17-19-46(64)60-51(40)67)13-15-36(32)37-16-18-45(59-49(37)52(68)69)63-24-20-33-8-6-9-38(41(33)30-63)50(66)61-53-58-42-10-4-5-11-44(42)71-53/h4-6,8-16,18,28-29,40,55-56H,7,17,19-27,30-31H2,1-3H3,(H,57,65)(H,68,69)(H,58,61,66)(H,60,64,67). The molecule has 2 aromatic heterocycles. The molecular weight excluding hydrogens is 919 g/mol. The number of benzene rings is 4. The number of carbonyl (C=O) groups is 5. The number of carbonyl (C=O) groups excluding carboxylic acids is 4. The van der Waals surface area contributed by atoms with Crippen LogP contribution in [0.4, 0.5) is 22.3 Å². The van der Waals surface area contributed by atoms with Gasteiger partial charge in [0.25, 0.3) is 5.91 Å². The minimum absolute atomic E-state index is 0.0482. The van der Waals surface area contributed by atoms with Crippen molar-refractivity contribution >= 4 is 79.2 Å². The first-order valence-corrected chi connectivity index (χ1v) is 24.8. The second-order valence-electron chi connectivity index (χ2n) is 18.9. The third-order valence-corrected chi connectivity index (χ3v) is 15.0. The number of nitrogens with one attached hydrogen (secondary N) is 5. The first kappa shape index (κ1) is 48.5. The number of hydrogen-bond donors (Lipinski definition) is 6. The molecule has 0 spiro atoms. The fourth-order valence-corrected chi connectivity index (χ4v) is 10.8. The summed E-state index contributed by atoms with van der Waals surface area (Å²) in [7, 11) is 1.72. The van der Waals surface area contributed by atoms with Crippen molar-refractivity contribution in [2.75, 3.05) is 60.7 Å². The maximum atomic E-state index is 13.6. The fourth-order valence-electron chi connectivity index (χ4n) is 9.93. The number of carboxylic acids is 1. The average molecular weight is 976 g/mol. The Kier molecular flexibility index (Phi) is 14.2. The second kappa shape index (κ2) is 20.8. The minimum atomic E-state index is -1.13. The predicted octanol–water partition coefficient (Wildman–Crippen LogP) is 8.54. The largest absolute Gasteiger partial charge is 0.494 e. The summed E-state index contributed by atoms with van der Waals surface area (Å²) < 4.78 is 7.21. The number of amides is 4. The number of para-hydroxylation sites is 1. The van der Waals surface area contributed by atoms with Gasteiger partial charge in [-0.2, -0.15) is 0 Å². The maximum Gasteiger partial charge on any atom is 0.355 e. The number of aromatic carboxylic acids is 1. The molecule has 3 aliphatic heterocycles. The maximum absolute atomic E-state index is 13.6. The van der Waals surface area contributed by atoms with Crippen LogP contribution < -0.4 is 30.9 Å². The van der Waals surface area contributed by atoms with Gasteiger partial charge >= 0.3 is 5.97 Å². The van der Waals surface area contributed by atoms with Crippen molar-refractivity contribution in [3.8, 4) is 16.9 Å². The normalized spacial score (nSPS) is 16.7. The van der Waals surface area contributed by atoms with Crippen LogP contribution in [0.5, 0.6) is 5.75 Å². The Labute approximate surface area is 415 Å². The van der Waals surface area contributed by atoms with Gasteiger partial charge < -0.3 is 30.8 Å². The average Bonchev–Trinajstić information content (AvgIpc) is 3.78. The van der Waals surface area contributed by atoms with Crippen LogP contribution in [0.25, 0.3) is 21.3 Å². The van der Waals surface area contributed by atoms with E-state index in [4.69, 9.17) is 15.1 Å². The van der Waals surface area contributed by atoms with Crippen LogP contribution in [-0.4, -0.2) is 95.1 Å². The molecule has 5 heterocycles. The number of fused-ring (bicyclic) bond motifs is 2. The van der Waals surface area contributed by atoms with Crippen molar-refractivity contribution in [3.05, 3.63) is 125 Å². The highest BCUT2D eigenvalue weighted by atomic mass is 32.1. The summed E-state index contributed by atoms with van der Waals surface area (Å²) in [4.78, 5) is 76.9. The molecule has 16 nitrogen and oxygen atoms in total. The number of aryl methyl sites for hydroxylation is 1. The third-order valence-electron chi connectivity index (χ3n) is 14.0. The molecule has 0 aliphatic carbocycles. The zero-order chi connectivity index (χ0) is 49.8. The molecule has 17 heteroatoms. The van der Waals surface area contributed by atoms with Gasteiger partial charge in [0.1, 0.15) is 11.6 Å². The van der Waals surface area contributed by atoms with E-state index in [1.165, 1.54) is 11.3 Å². The summed E-state index contributed by atoms with van der Waals surface area (Å²) in [5.74, 6) is -1.77. The number of piperidine rings is 2. The van der Waals surface area contributed by atoms with E-state index in [-0.39, 0.29) is 53.9 Å². The third kappa shape index (κ3) is 11.0. The van der Waals surface area contributed by atoms with E-state index < -0.39 is 17.8 Å². The highest BCUT2D eigenvalue weighted by Crippen LogP contribution is 2.37. The molecule has 1 unspecified atom stereocenters. The first-order valence-electron chi connectivity index (χ1n) is 24.0. The number of thiazole rings is 1. The Bertz CT molecular complexity index is 3040. The molecule has 71 heavy (non-hydrogen) atoms. The van der Waals surface area contributed by atoms with E-state index in [0.717, 1.165) is 71.2 Å². The minimum Gasteiger partial charge on any atom is -0.494 e. The quantitative estimate of drug-likeness (QED) is 0.0305. The molecule has 0 radical (unpaired) electrons. The van der Waals surface area contributed by atoms with Crippen molar-refractivity contribution in [2.45, 2.75) is 65.3 Å². The van der Waals surface area contributed by atoms with Crippen LogP contribution in [0, 0.1) is 23.7 Å². The van der Waals surface area contributed by atoms with Gasteiger partial charge in [0.2, 0.25) is 17.7 Å². The lowest BCUT2D eigenvalue weighted by atomic mass is 9.77. The zero-order valence-electron chi connectivity index (χ0n) is 40.0. The Morgan fingerprint density at radius 2 is 1.72 bits per heavy atom. The summed E-state index contributed by atoms with van der Waals surface area (Å²) in [5, 5.41) is 31.0. The van der Waals surface area contributed by atoms with E-state index in [9.17, 15) is 29.1 Å². The van der Waals surface area contributed by atoms with Crippen LogP contribution in [-0.2, 0) is 27.3 Å². The first-order chi connectivity index (χ1) is 34.2. The molecule has 6 aromatic rings. The predicted molar refractivity (Wildman–Crippen MR) is 276 cm³/mol. The Morgan fingerprint density at radius 1 is 0.915 bits per heavy atom. The number of carboxylic acid groups (broad SMARTS) is 1. The monoisotopic (exact) mass is 975 g/mol. The van der Waals surface area contributed by atoms with Crippen LogP contribution in [0.15, 0.2) is 91.0 Å². The van der Waals surface area contributed by atoms with E-state index in [0.29, 0.717) is 70.9 Å². The number of anilines is 4. The molecule has 4 amide bonds. The zero-order valence-corrected chi connectivity index (χ0v) is 40.8. The van der Waals surface area contributed by atoms with Crippen molar-refractivity contribution in [2.24, 2.45) is 11.3 Å². The summed E-state index contributed by atoms with van der Waals surface area (Å²) in [6.45, 7) is 7.62. The Hall–Kier alpha value is -7.50. The number of hydrogen-bond acceptors (Lipinski definition) is 13. The van der Waals surface area contributed by atoms with Crippen molar-refractivity contribution in [1.29, 1.82) is 5.41 Å². The van der Waals surface area contributed by atoms with Crippen molar-refractivity contribution in [1.82, 2.24) is 20.2 Å². The van der Waals surface area contributed by atoms with Gasteiger partial charge in [0, 0.05) is 54.6 Å². The van der Waals surface area contributed by atoms with Gasteiger partial charge in [0.05, 0.1) is 35.0 Å².